The number of rotatable bonds is 4. The van der Waals surface area contributed by atoms with Crippen LogP contribution >= 0.6 is 0 Å². The summed E-state index contributed by atoms with van der Waals surface area (Å²) >= 11 is 0. The van der Waals surface area contributed by atoms with Crippen molar-refractivity contribution in [3.63, 3.8) is 0 Å². The number of hydrogen-bond acceptors (Lipinski definition) is 5. The lowest BCUT2D eigenvalue weighted by Gasteiger charge is -2.06. The normalized spacial score (nSPS) is 12.8. The Bertz CT molecular complexity index is 874. The van der Waals surface area contributed by atoms with Crippen LogP contribution in [0.1, 0.15) is 17.5 Å². The molecule has 2 heterocycles. The van der Waals surface area contributed by atoms with Gasteiger partial charge >= 0.3 is 0 Å². The summed E-state index contributed by atoms with van der Waals surface area (Å²) in [6.07, 6.45) is 6.73. The van der Waals surface area contributed by atoms with E-state index in [0.29, 0.717) is 5.82 Å². The number of pyridine rings is 1. The molecule has 0 aliphatic heterocycles. The first-order chi connectivity index (χ1) is 11.8. The summed E-state index contributed by atoms with van der Waals surface area (Å²) in [5.74, 6) is 0.300. The van der Waals surface area contributed by atoms with Gasteiger partial charge in [-0.2, -0.15) is 4.80 Å². The first kappa shape index (κ1) is 14.5. The van der Waals surface area contributed by atoms with Gasteiger partial charge in [-0.3, -0.25) is 9.78 Å². The Hall–Kier alpha value is -3.09. The minimum Gasteiger partial charge on any atom is -0.324 e. The maximum atomic E-state index is 12.2. The van der Waals surface area contributed by atoms with Crippen LogP contribution in [0.2, 0.25) is 0 Å². The van der Waals surface area contributed by atoms with Crippen LogP contribution in [0.5, 0.6) is 0 Å². The number of fused-ring (bicyclic) bond motifs is 1. The molecular formula is C17H16N6O. The van der Waals surface area contributed by atoms with Crippen molar-refractivity contribution in [1.82, 2.24) is 25.2 Å². The smallest absolute Gasteiger partial charge is 0.248 e. The molecule has 0 radical (unpaired) electrons. The van der Waals surface area contributed by atoms with Crippen molar-refractivity contribution < 1.29 is 4.79 Å². The van der Waals surface area contributed by atoms with Crippen LogP contribution in [0.15, 0.2) is 42.7 Å². The molecule has 7 heteroatoms. The predicted molar refractivity (Wildman–Crippen MR) is 88.1 cm³/mol. The molecule has 2 aromatic heterocycles. The molecule has 0 unspecified atom stereocenters. The second kappa shape index (κ2) is 6.19. The fraction of sp³-hybridized carbons (Fsp3) is 0.235. The van der Waals surface area contributed by atoms with Gasteiger partial charge in [0.25, 0.3) is 0 Å². The highest BCUT2D eigenvalue weighted by molar-refractivity contribution is 5.90. The topological polar surface area (TPSA) is 85.6 Å². The highest BCUT2D eigenvalue weighted by atomic mass is 16.2. The van der Waals surface area contributed by atoms with E-state index in [1.54, 1.807) is 24.5 Å². The van der Waals surface area contributed by atoms with Gasteiger partial charge in [-0.15, -0.1) is 10.2 Å². The van der Waals surface area contributed by atoms with Gasteiger partial charge in [0.1, 0.15) is 6.54 Å². The van der Waals surface area contributed by atoms with Crippen LogP contribution in [0.25, 0.3) is 11.4 Å². The average Bonchev–Trinajstić information content (AvgIpc) is 3.24. The zero-order valence-corrected chi connectivity index (χ0v) is 13.0. The van der Waals surface area contributed by atoms with Gasteiger partial charge in [0.05, 0.1) is 0 Å². The summed E-state index contributed by atoms with van der Waals surface area (Å²) in [5, 5.41) is 15.0. The number of tetrazole rings is 1. The van der Waals surface area contributed by atoms with Crippen LogP contribution in [0.3, 0.4) is 0 Å². The fourth-order valence-corrected chi connectivity index (χ4v) is 2.91. The van der Waals surface area contributed by atoms with Crippen molar-refractivity contribution in [2.75, 3.05) is 5.32 Å². The number of nitrogens with zero attached hydrogens (tertiary/aromatic N) is 5. The summed E-state index contributed by atoms with van der Waals surface area (Å²) in [6, 6.07) is 9.68. The maximum absolute atomic E-state index is 12.2. The van der Waals surface area contributed by atoms with Gasteiger partial charge in [0, 0.05) is 23.6 Å². The summed E-state index contributed by atoms with van der Waals surface area (Å²) in [5.41, 5.74) is 4.34. The van der Waals surface area contributed by atoms with Crippen molar-refractivity contribution in [2.45, 2.75) is 25.8 Å². The van der Waals surface area contributed by atoms with Crippen molar-refractivity contribution in [1.29, 1.82) is 0 Å². The van der Waals surface area contributed by atoms with Gasteiger partial charge in [-0.05, 0) is 59.9 Å². The number of amides is 1. The van der Waals surface area contributed by atoms with E-state index in [2.05, 4.69) is 37.8 Å². The number of nitrogens with one attached hydrogen (secondary N) is 1. The molecule has 0 atom stereocenters. The largest absolute Gasteiger partial charge is 0.324 e. The number of carbonyl (C=O) groups excluding carboxylic acids is 1. The van der Waals surface area contributed by atoms with Crippen molar-refractivity contribution >= 4 is 11.6 Å². The Balaban J connectivity index is 1.42. The summed E-state index contributed by atoms with van der Waals surface area (Å²) in [7, 11) is 0. The lowest BCUT2D eigenvalue weighted by molar-refractivity contribution is -0.117. The van der Waals surface area contributed by atoms with E-state index >= 15 is 0 Å². The number of aryl methyl sites for hydroxylation is 2. The zero-order chi connectivity index (χ0) is 16.4. The van der Waals surface area contributed by atoms with Gasteiger partial charge in [0.2, 0.25) is 11.7 Å². The van der Waals surface area contributed by atoms with E-state index in [4.69, 9.17) is 0 Å². The number of benzene rings is 1. The first-order valence-corrected chi connectivity index (χ1v) is 7.88. The summed E-state index contributed by atoms with van der Waals surface area (Å²) in [4.78, 5) is 17.4. The van der Waals surface area contributed by atoms with Gasteiger partial charge in [0.15, 0.2) is 0 Å². The number of hydrogen-bond donors (Lipinski definition) is 1. The average molecular weight is 320 g/mol. The molecular weight excluding hydrogens is 304 g/mol. The van der Waals surface area contributed by atoms with E-state index in [-0.39, 0.29) is 12.5 Å². The third-order valence-electron chi connectivity index (χ3n) is 4.06. The SMILES string of the molecule is O=C(Cn1nnc(-c2ccncc2)n1)Nc1ccc2c(c1)CCC2. The quantitative estimate of drug-likeness (QED) is 0.793. The predicted octanol–water partition coefficient (Wildman–Crippen LogP) is 1.86. The van der Waals surface area contributed by atoms with Crippen LogP contribution in [0, 0.1) is 0 Å². The molecule has 0 spiro atoms. The molecule has 4 rings (SSSR count). The van der Waals surface area contributed by atoms with Crippen molar-refractivity contribution in [3.8, 4) is 11.4 Å². The number of carbonyl (C=O) groups is 1. The molecule has 0 fully saturated rings. The van der Waals surface area contributed by atoms with E-state index in [0.717, 1.165) is 24.1 Å². The molecule has 1 N–H and O–H groups in total. The van der Waals surface area contributed by atoms with Crippen LogP contribution in [-0.4, -0.2) is 31.1 Å². The lowest BCUT2D eigenvalue weighted by atomic mass is 10.1. The minimum atomic E-state index is -0.174. The van der Waals surface area contributed by atoms with Crippen molar-refractivity contribution in [3.05, 3.63) is 53.9 Å². The molecule has 0 saturated heterocycles. The van der Waals surface area contributed by atoms with Crippen LogP contribution in [-0.2, 0) is 24.2 Å². The zero-order valence-electron chi connectivity index (χ0n) is 13.0. The summed E-state index contributed by atoms with van der Waals surface area (Å²) < 4.78 is 0. The fourth-order valence-electron chi connectivity index (χ4n) is 2.91. The van der Waals surface area contributed by atoms with Gasteiger partial charge in [-0.1, -0.05) is 6.07 Å². The van der Waals surface area contributed by atoms with E-state index < -0.39 is 0 Å². The monoisotopic (exact) mass is 320 g/mol. The highest BCUT2D eigenvalue weighted by Gasteiger charge is 2.13. The first-order valence-electron chi connectivity index (χ1n) is 7.88. The van der Waals surface area contributed by atoms with Gasteiger partial charge < -0.3 is 5.32 Å². The minimum absolute atomic E-state index is 0.0230. The second-order valence-electron chi connectivity index (χ2n) is 5.76. The Morgan fingerprint density at radius 2 is 1.96 bits per heavy atom. The number of aromatic nitrogens is 5. The third kappa shape index (κ3) is 3.01. The second-order valence-corrected chi connectivity index (χ2v) is 5.76. The standard InChI is InChI=1S/C17H16N6O/c24-16(19-15-5-4-12-2-1-3-14(12)10-15)11-23-21-17(20-22-23)13-6-8-18-9-7-13/h4-10H,1-3,11H2,(H,19,24). The molecule has 0 bridgehead atoms. The molecule has 1 amide bonds. The molecule has 1 aromatic carbocycles. The molecule has 7 nitrogen and oxygen atoms in total. The Labute approximate surface area is 138 Å². The Morgan fingerprint density at radius 1 is 1.12 bits per heavy atom. The molecule has 0 saturated carbocycles. The Kier molecular flexibility index (Phi) is 3.74. The van der Waals surface area contributed by atoms with Gasteiger partial charge in [-0.25, -0.2) is 0 Å². The molecule has 120 valence electrons. The van der Waals surface area contributed by atoms with E-state index in [9.17, 15) is 4.79 Å². The van der Waals surface area contributed by atoms with E-state index in [1.807, 2.05) is 6.07 Å². The highest BCUT2D eigenvalue weighted by Crippen LogP contribution is 2.24. The Morgan fingerprint density at radius 3 is 2.83 bits per heavy atom. The molecule has 1 aliphatic carbocycles. The third-order valence-corrected chi connectivity index (χ3v) is 4.06. The van der Waals surface area contributed by atoms with Crippen molar-refractivity contribution in [2.24, 2.45) is 0 Å². The number of anilines is 1. The molecule has 1 aliphatic rings. The van der Waals surface area contributed by atoms with Crippen LogP contribution in [0.4, 0.5) is 5.69 Å². The molecule has 24 heavy (non-hydrogen) atoms. The van der Waals surface area contributed by atoms with Crippen LogP contribution < -0.4 is 5.32 Å². The maximum Gasteiger partial charge on any atom is 0.248 e. The summed E-state index contributed by atoms with van der Waals surface area (Å²) in [6.45, 7) is 0.0230. The lowest BCUT2D eigenvalue weighted by Crippen LogP contribution is -2.20. The van der Waals surface area contributed by atoms with E-state index in [1.165, 1.54) is 22.3 Å². The molecule has 3 aromatic rings.